The molecule has 4 rings (SSSR count). The molecule has 0 aliphatic carbocycles. The number of likely N-dealkylation sites (N-methyl/N-ethyl adjacent to an activating group) is 1. The summed E-state index contributed by atoms with van der Waals surface area (Å²) in [6.45, 7) is 1.85. The van der Waals surface area contributed by atoms with Gasteiger partial charge in [-0.1, -0.05) is 48.2 Å². The molecule has 2 aliphatic rings. The van der Waals surface area contributed by atoms with Crippen LogP contribution >= 0.6 is 24.0 Å². The average molecular weight is 514 g/mol. The van der Waals surface area contributed by atoms with Crippen molar-refractivity contribution in [3.05, 3.63) is 58.5 Å². The molecule has 35 heavy (non-hydrogen) atoms. The van der Waals surface area contributed by atoms with Gasteiger partial charge in [0, 0.05) is 7.05 Å². The van der Waals surface area contributed by atoms with Crippen LogP contribution in [0.15, 0.2) is 47.4 Å². The first kappa shape index (κ1) is 24.7. The quantitative estimate of drug-likeness (QED) is 0.461. The molecule has 0 radical (unpaired) electrons. The smallest absolute Gasteiger partial charge is 0.340 e. The third-order valence-corrected chi connectivity index (χ3v) is 7.33. The number of ether oxygens (including phenoxy) is 2. The standard InChI is InChI=1S/C24H23N3O6S2/c1-13-19(22(29)27(25(13)2)15-8-6-5-7-9-15)26-21(28)17(35-24(26)34)12-14-10-11-16(32-3)20(33-4)18(14)23(30)31/h5-13,19H,1-4H3,(H,30,31)/b17-12-/t13-,19+/m1/s1. The molecule has 2 aromatic rings. The summed E-state index contributed by atoms with van der Waals surface area (Å²) in [6.07, 6.45) is 1.45. The number of para-hydroxylation sites is 1. The molecule has 0 spiro atoms. The Labute approximate surface area is 211 Å². The van der Waals surface area contributed by atoms with E-state index in [1.165, 1.54) is 36.3 Å². The number of benzene rings is 2. The Hall–Kier alpha value is -3.41. The predicted molar refractivity (Wildman–Crippen MR) is 136 cm³/mol. The Morgan fingerprint density at radius 2 is 1.80 bits per heavy atom. The topological polar surface area (TPSA) is 99.6 Å². The van der Waals surface area contributed by atoms with Crippen molar-refractivity contribution < 1.29 is 29.0 Å². The van der Waals surface area contributed by atoms with Crippen LogP contribution in [0.4, 0.5) is 5.69 Å². The van der Waals surface area contributed by atoms with E-state index in [-0.39, 0.29) is 43.8 Å². The van der Waals surface area contributed by atoms with Gasteiger partial charge in [0.1, 0.15) is 15.9 Å². The van der Waals surface area contributed by atoms with Crippen molar-refractivity contribution in [3.63, 3.8) is 0 Å². The van der Waals surface area contributed by atoms with E-state index in [1.54, 1.807) is 18.1 Å². The summed E-state index contributed by atoms with van der Waals surface area (Å²) in [5, 5.41) is 13.1. The lowest BCUT2D eigenvalue weighted by Gasteiger charge is -2.26. The normalized spacial score (nSPS) is 21.8. The Kier molecular flexibility index (Phi) is 6.84. The van der Waals surface area contributed by atoms with Gasteiger partial charge in [-0.25, -0.2) is 14.8 Å². The molecule has 11 heteroatoms. The van der Waals surface area contributed by atoms with E-state index in [9.17, 15) is 19.5 Å². The van der Waals surface area contributed by atoms with Crippen LogP contribution in [-0.2, 0) is 9.59 Å². The molecule has 2 saturated heterocycles. The molecular weight excluding hydrogens is 490 g/mol. The zero-order valence-electron chi connectivity index (χ0n) is 19.4. The van der Waals surface area contributed by atoms with Crippen LogP contribution in [0, 0.1) is 0 Å². The van der Waals surface area contributed by atoms with Gasteiger partial charge < -0.3 is 14.6 Å². The van der Waals surface area contributed by atoms with Crippen molar-refractivity contribution in [3.8, 4) is 11.5 Å². The van der Waals surface area contributed by atoms with Crippen molar-refractivity contribution in [2.24, 2.45) is 0 Å². The Morgan fingerprint density at radius 1 is 1.11 bits per heavy atom. The Morgan fingerprint density at radius 3 is 2.40 bits per heavy atom. The van der Waals surface area contributed by atoms with Crippen LogP contribution in [0.2, 0.25) is 0 Å². The maximum Gasteiger partial charge on any atom is 0.340 e. The molecule has 1 N–H and O–H groups in total. The van der Waals surface area contributed by atoms with Crippen LogP contribution in [0.1, 0.15) is 22.8 Å². The SMILES string of the molecule is COc1ccc(/C=C2\SC(=S)N([C@@H]3C(=O)N(c4ccccc4)N(C)[C@@H]3C)C2=O)c(C(=O)O)c1OC. The summed E-state index contributed by atoms with van der Waals surface area (Å²) in [5.74, 6) is -1.67. The molecule has 2 fully saturated rings. The number of aromatic carboxylic acids is 1. The fourth-order valence-electron chi connectivity index (χ4n) is 4.22. The maximum absolute atomic E-state index is 13.5. The van der Waals surface area contributed by atoms with E-state index in [0.29, 0.717) is 5.69 Å². The lowest BCUT2D eigenvalue weighted by atomic mass is 10.0. The minimum Gasteiger partial charge on any atom is -0.493 e. The van der Waals surface area contributed by atoms with Gasteiger partial charge in [-0.3, -0.25) is 14.5 Å². The number of methoxy groups -OCH3 is 2. The number of amides is 2. The fraction of sp³-hybridized carbons (Fsp3) is 0.250. The number of nitrogens with zero attached hydrogens (tertiary/aromatic N) is 3. The number of carbonyl (C=O) groups excluding carboxylic acids is 2. The minimum atomic E-state index is -1.23. The lowest BCUT2D eigenvalue weighted by Crippen LogP contribution is -2.48. The highest BCUT2D eigenvalue weighted by Gasteiger charge is 2.51. The van der Waals surface area contributed by atoms with E-state index >= 15 is 0 Å². The number of hydrogen-bond acceptors (Lipinski definition) is 8. The van der Waals surface area contributed by atoms with Gasteiger partial charge in [0.15, 0.2) is 11.5 Å². The van der Waals surface area contributed by atoms with Gasteiger partial charge in [-0.05, 0) is 36.8 Å². The number of thiocarbonyl (C=S) groups is 1. The summed E-state index contributed by atoms with van der Waals surface area (Å²) < 4.78 is 10.7. The predicted octanol–water partition coefficient (Wildman–Crippen LogP) is 3.25. The van der Waals surface area contributed by atoms with E-state index in [0.717, 1.165) is 11.8 Å². The molecule has 0 saturated carbocycles. The molecule has 2 aliphatic heterocycles. The van der Waals surface area contributed by atoms with Crippen LogP contribution < -0.4 is 14.5 Å². The molecule has 2 heterocycles. The van der Waals surface area contributed by atoms with Crippen molar-refractivity contribution in [1.29, 1.82) is 0 Å². The molecule has 9 nitrogen and oxygen atoms in total. The Bertz CT molecular complexity index is 1250. The lowest BCUT2D eigenvalue weighted by molar-refractivity contribution is -0.130. The number of carbonyl (C=O) groups is 3. The molecule has 2 atom stereocenters. The molecule has 182 valence electrons. The van der Waals surface area contributed by atoms with E-state index in [4.69, 9.17) is 21.7 Å². The number of hydrazine groups is 1. The van der Waals surface area contributed by atoms with E-state index in [1.807, 2.05) is 37.3 Å². The van der Waals surface area contributed by atoms with Gasteiger partial charge in [0.2, 0.25) is 0 Å². The second-order valence-electron chi connectivity index (χ2n) is 7.87. The zero-order valence-corrected chi connectivity index (χ0v) is 21.1. The number of carboxylic acid groups (broad SMARTS) is 1. The van der Waals surface area contributed by atoms with Gasteiger partial charge in [0.05, 0.1) is 30.9 Å². The number of hydrogen-bond donors (Lipinski definition) is 1. The van der Waals surface area contributed by atoms with Crippen molar-refractivity contribution in [2.45, 2.75) is 19.0 Å². The monoisotopic (exact) mass is 513 g/mol. The number of anilines is 1. The summed E-state index contributed by atoms with van der Waals surface area (Å²) >= 11 is 6.52. The highest BCUT2D eigenvalue weighted by molar-refractivity contribution is 8.26. The highest BCUT2D eigenvalue weighted by Crippen LogP contribution is 2.40. The highest BCUT2D eigenvalue weighted by atomic mass is 32.2. The zero-order chi connectivity index (χ0) is 25.4. The molecule has 0 bridgehead atoms. The van der Waals surface area contributed by atoms with E-state index < -0.39 is 17.9 Å². The number of thioether (sulfide) groups is 1. The third-order valence-electron chi connectivity index (χ3n) is 6.00. The second-order valence-corrected chi connectivity index (χ2v) is 9.54. The second kappa shape index (κ2) is 9.68. The van der Waals surface area contributed by atoms with Crippen molar-refractivity contribution in [1.82, 2.24) is 9.91 Å². The van der Waals surface area contributed by atoms with Crippen LogP contribution in [0.25, 0.3) is 6.08 Å². The Balaban J connectivity index is 1.71. The summed E-state index contributed by atoms with van der Waals surface area (Å²) in [6, 6.07) is 11.1. The van der Waals surface area contributed by atoms with Gasteiger partial charge >= 0.3 is 5.97 Å². The minimum absolute atomic E-state index is 0.0453. The summed E-state index contributed by atoms with van der Waals surface area (Å²) in [4.78, 5) is 40.5. The summed E-state index contributed by atoms with van der Waals surface area (Å²) in [5.41, 5.74) is 0.800. The first-order valence-corrected chi connectivity index (χ1v) is 11.8. The van der Waals surface area contributed by atoms with Gasteiger partial charge in [0.25, 0.3) is 11.8 Å². The van der Waals surface area contributed by atoms with Crippen LogP contribution in [0.5, 0.6) is 11.5 Å². The first-order chi connectivity index (χ1) is 16.7. The molecule has 0 unspecified atom stereocenters. The molecule has 2 aromatic carbocycles. The third kappa shape index (κ3) is 4.15. The van der Waals surface area contributed by atoms with Crippen LogP contribution in [-0.4, -0.2) is 70.5 Å². The maximum atomic E-state index is 13.5. The number of carboxylic acids is 1. The summed E-state index contributed by atoms with van der Waals surface area (Å²) in [7, 11) is 4.53. The van der Waals surface area contributed by atoms with Crippen molar-refractivity contribution in [2.75, 3.05) is 26.3 Å². The average Bonchev–Trinajstić information content (AvgIpc) is 3.23. The van der Waals surface area contributed by atoms with Crippen LogP contribution in [0.3, 0.4) is 0 Å². The molecule has 2 amide bonds. The molecule has 0 aromatic heterocycles. The van der Waals surface area contributed by atoms with Gasteiger partial charge in [-0.15, -0.1) is 0 Å². The molecular formula is C24H23N3O6S2. The first-order valence-electron chi connectivity index (χ1n) is 10.6. The number of rotatable bonds is 6. The van der Waals surface area contributed by atoms with Gasteiger partial charge in [-0.2, -0.15) is 0 Å². The van der Waals surface area contributed by atoms with Crippen molar-refractivity contribution >= 4 is 57.8 Å². The van der Waals surface area contributed by atoms with E-state index in [2.05, 4.69) is 0 Å². The largest absolute Gasteiger partial charge is 0.493 e. The fourth-order valence-corrected chi connectivity index (χ4v) is 5.54.